The third-order valence-electron chi connectivity index (χ3n) is 2.18. The van der Waals surface area contributed by atoms with Crippen LogP contribution in [0.4, 0.5) is 9.93 Å². The van der Waals surface area contributed by atoms with Crippen molar-refractivity contribution in [3.05, 3.63) is 9.48 Å². The molecule has 4 nitrogen and oxygen atoms in total. The molecule has 0 atom stereocenters. The lowest BCUT2D eigenvalue weighted by molar-refractivity contribution is 0.0636. The standard InChI is InChI=1S/C11H15BrN2O2S/c1-11(2,3)16-10(15)14-9-13-7(6-4-5-6)8(12)17-9/h6H,4-5H2,1-3H3,(H,13,14,15). The minimum atomic E-state index is -0.488. The van der Waals surface area contributed by atoms with E-state index in [4.69, 9.17) is 4.74 Å². The molecule has 2 rings (SSSR count). The van der Waals surface area contributed by atoms with Gasteiger partial charge < -0.3 is 4.74 Å². The summed E-state index contributed by atoms with van der Waals surface area (Å²) in [5, 5.41) is 3.25. The van der Waals surface area contributed by atoms with Crippen LogP contribution in [0.2, 0.25) is 0 Å². The number of thiazole rings is 1. The van der Waals surface area contributed by atoms with Crippen molar-refractivity contribution in [2.24, 2.45) is 0 Å². The minimum absolute atomic E-state index is 0.457. The maximum Gasteiger partial charge on any atom is 0.413 e. The molecule has 94 valence electrons. The number of aromatic nitrogens is 1. The Hall–Kier alpha value is -0.620. The first-order chi connectivity index (χ1) is 7.85. The summed E-state index contributed by atoms with van der Waals surface area (Å²) in [5.74, 6) is 0.565. The number of nitrogens with one attached hydrogen (secondary N) is 1. The molecular weight excluding hydrogens is 304 g/mol. The molecule has 0 aromatic carbocycles. The second-order valence-electron chi connectivity index (χ2n) is 5.08. The van der Waals surface area contributed by atoms with Crippen molar-refractivity contribution in [1.82, 2.24) is 4.98 Å². The van der Waals surface area contributed by atoms with Crippen LogP contribution in [0.3, 0.4) is 0 Å². The van der Waals surface area contributed by atoms with Gasteiger partial charge in [-0.1, -0.05) is 11.3 Å². The van der Waals surface area contributed by atoms with E-state index in [0.29, 0.717) is 11.0 Å². The highest BCUT2D eigenvalue weighted by Crippen LogP contribution is 2.45. The predicted molar refractivity (Wildman–Crippen MR) is 71.6 cm³/mol. The molecule has 1 saturated carbocycles. The van der Waals surface area contributed by atoms with Gasteiger partial charge in [-0.25, -0.2) is 9.78 Å². The lowest BCUT2D eigenvalue weighted by Gasteiger charge is -2.18. The highest BCUT2D eigenvalue weighted by molar-refractivity contribution is 9.11. The van der Waals surface area contributed by atoms with Gasteiger partial charge in [-0.05, 0) is 49.5 Å². The quantitative estimate of drug-likeness (QED) is 0.892. The molecular formula is C11H15BrN2O2S. The van der Waals surface area contributed by atoms with E-state index >= 15 is 0 Å². The van der Waals surface area contributed by atoms with Crippen LogP contribution < -0.4 is 5.32 Å². The van der Waals surface area contributed by atoms with Gasteiger partial charge in [0.25, 0.3) is 0 Å². The summed E-state index contributed by atoms with van der Waals surface area (Å²) in [7, 11) is 0. The molecule has 0 radical (unpaired) electrons. The highest BCUT2D eigenvalue weighted by atomic mass is 79.9. The van der Waals surface area contributed by atoms with Crippen LogP contribution in [0.5, 0.6) is 0 Å². The van der Waals surface area contributed by atoms with E-state index in [9.17, 15) is 4.79 Å². The number of nitrogens with zero attached hydrogens (tertiary/aromatic N) is 1. The molecule has 17 heavy (non-hydrogen) atoms. The van der Waals surface area contributed by atoms with E-state index < -0.39 is 11.7 Å². The number of amides is 1. The molecule has 1 aromatic heterocycles. The Bertz CT molecular complexity index is 435. The molecule has 0 bridgehead atoms. The van der Waals surface area contributed by atoms with Crippen molar-refractivity contribution >= 4 is 38.5 Å². The number of ether oxygens (including phenoxy) is 1. The third kappa shape index (κ3) is 3.67. The largest absolute Gasteiger partial charge is 0.444 e. The SMILES string of the molecule is CC(C)(C)OC(=O)Nc1nc(C2CC2)c(Br)s1. The Morgan fingerprint density at radius 2 is 2.18 bits per heavy atom. The molecule has 6 heteroatoms. The van der Waals surface area contributed by atoms with Crippen LogP contribution in [0.15, 0.2) is 3.79 Å². The van der Waals surface area contributed by atoms with Crippen molar-refractivity contribution in [3.8, 4) is 0 Å². The van der Waals surface area contributed by atoms with E-state index in [1.165, 1.54) is 24.2 Å². The Morgan fingerprint density at radius 1 is 1.53 bits per heavy atom. The molecule has 1 fully saturated rings. The van der Waals surface area contributed by atoms with Crippen LogP contribution in [-0.4, -0.2) is 16.7 Å². The smallest absolute Gasteiger partial charge is 0.413 e. The Labute approximate surface area is 113 Å². The lowest BCUT2D eigenvalue weighted by Crippen LogP contribution is -2.27. The summed E-state index contributed by atoms with van der Waals surface area (Å²) in [6.07, 6.45) is 1.92. The van der Waals surface area contributed by atoms with Crippen molar-refractivity contribution in [2.45, 2.75) is 45.1 Å². The molecule has 0 aliphatic heterocycles. The summed E-state index contributed by atoms with van der Waals surface area (Å²) in [4.78, 5) is 16.0. The number of carbonyl (C=O) groups excluding carboxylic acids is 1. The third-order valence-corrected chi connectivity index (χ3v) is 3.85. The van der Waals surface area contributed by atoms with Gasteiger partial charge in [-0.15, -0.1) is 0 Å². The van der Waals surface area contributed by atoms with E-state index in [1.54, 1.807) is 0 Å². The Morgan fingerprint density at radius 3 is 2.71 bits per heavy atom. The molecule has 1 aliphatic carbocycles. The van der Waals surface area contributed by atoms with E-state index in [-0.39, 0.29) is 0 Å². The van der Waals surface area contributed by atoms with Gasteiger partial charge in [-0.2, -0.15) is 0 Å². The van der Waals surface area contributed by atoms with Gasteiger partial charge in [0.05, 0.1) is 9.48 Å². The van der Waals surface area contributed by atoms with Gasteiger partial charge >= 0.3 is 6.09 Å². The van der Waals surface area contributed by atoms with E-state index in [0.717, 1.165) is 9.48 Å². The topological polar surface area (TPSA) is 51.2 Å². The number of carbonyl (C=O) groups is 1. The monoisotopic (exact) mass is 318 g/mol. The summed E-state index contributed by atoms with van der Waals surface area (Å²) in [5.41, 5.74) is 0.568. The molecule has 1 aromatic rings. The maximum absolute atomic E-state index is 11.6. The molecule has 1 N–H and O–H groups in total. The number of hydrogen-bond donors (Lipinski definition) is 1. The van der Waals surface area contributed by atoms with Crippen molar-refractivity contribution in [1.29, 1.82) is 0 Å². The zero-order valence-corrected chi connectivity index (χ0v) is 12.4. The van der Waals surface area contributed by atoms with Crippen LogP contribution in [0.1, 0.15) is 45.2 Å². The first kappa shape index (κ1) is 12.8. The first-order valence-electron chi connectivity index (χ1n) is 5.51. The first-order valence-corrected chi connectivity index (χ1v) is 7.12. The Kier molecular flexibility index (Phi) is 3.45. The van der Waals surface area contributed by atoms with Crippen LogP contribution in [0, 0.1) is 0 Å². The average Bonchev–Trinajstić information content (AvgIpc) is 2.89. The fourth-order valence-corrected chi connectivity index (χ4v) is 3.00. The second kappa shape index (κ2) is 4.57. The average molecular weight is 319 g/mol. The molecule has 0 unspecified atom stereocenters. The number of hydrogen-bond acceptors (Lipinski definition) is 4. The van der Waals surface area contributed by atoms with Gasteiger partial charge in [-0.3, -0.25) is 5.32 Å². The van der Waals surface area contributed by atoms with E-state index in [2.05, 4.69) is 26.2 Å². The minimum Gasteiger partial charge on any atom is -0.444 e. The van der Waals surface area contributed by atoms with Crippen LogP contribution in [0.25, 0.3) is 0 Å². The van der Waals surface area contributed by atoms with Crippen LogP contribution >= 0.6 is 27.3 Å². The molecule has 1 amide bonds. The fraction of sp³-hybridized carbons (Fsp3) is 0.636. The molecule has 1 aliphatic rings. The molecule has 1 heterocycles. The predicted octanol–water partition coefficient (Wildman–Crippen LogP) is 4.13. The van der Waals surface area contributed by atoms with Crippen molar-refractivity contribution < 1.29 is 9.53 Å². The van der Waals surface area contributed by atoms with E-state index in [1.807, 2.05) is 20.8 Å². The lowest BCUT2D eigenvalue weighted by atomic mass is 10.2. The number of halogens is 1. The highest BCUT2D eigenvalue weighted by Gasteiger charge is 2.29. The molecule has 0 saturated heterocycles. The van der Waals surface area contributed by atoms with Gasteiger partial charge in [0.15, 0.2) is 5.13 Å². The normalized spacial score (nSPS) is 15.8. The summed E-state index contributed by atoms with van der Waals surface area (Å²) in [6.45, 7) is 5.50. The van der Waals surface area contributed by atoms with Crippen molar-refractivity contribution in [3.63, 3.8) is 0 Å². The fourth-order valence-electron chi connectivity index (χ4n) is 1.37. The van der Waals surface area contributed by atoms with Crippen molar-refractivity contribution in [2.75, 3.05) is 5.32 Å². The summed E-state index contributed by atoms with van der Waals surface area (Å²) < 4.78 is 6.17. The summed E-state index contributed by atoms with van der Waals surface area (Å²) >= 11 is 4.90. The molecule has 0 spiro atoms. The summed E-state index contributed by atoms with van der Waals surface area (Å²) in [6, 6.07) is 0. The van der Waals surface area contributed by atoms with Crippen LogP contribution in [-0.2, 0) is 4.74 Å². The number of anilines is 1. The number of rotatable bonds is 2. The van der Waals surface area contributed by atoms with Gasteiger partial charge in [0.2, 0.25) is 0 Å². The second-order valence-corrected chi connectivity index (χ2v) is 7.40. The zero-order chi connectivity index (χ0) is 12.6. The van der Waals surface area contributed by atoms with Gasteiger partial charge in [0, 0.05) is 5.92 Å². The Balaban J connectivity index is 1.99. The van der Waals surface area contributed by atoms with Gasteiger partial charge in [0.1, 0.15) is 5.60 Å². The maximum atomic E-state index is 11.6. The zero-order valence-electron chi connectivity index (χ0n) is 10.0.